The highest BCUT2D eigenvalue weighted by molar-refractivity contribution is 5.07. The highest BCUT2D eigenvalue weighted by Gasteiger charge is 2.01. The SMILES string of the molecule is CC(O)/C=C/C=C/C(C)(C)C. The lowest BCUT2D eigenvalue weighted by molar-refractivity contribution is 0.244. The summed E-state index contributed by atoms with van der Waals surface area (Å²) in [5.41, 5.74) is 0.225. The van der Waals surface area contributed by atoms with E-state index in [0.29, 0.717) is 0 Å². The molecule has 1 unspecified atom stereocenters. The molecule has 0 aromatic carbocycles. The van der Waals surface area contributed by atoms with E-state index in [1.54, 1.807) is 13.0 Å². The number of aliphatic hydroxyl groups is 1. The van der Waals surface area contributed by atoms with Gasteiger partial charge in [0.05, 0.1) is 6.10 Å². The minimum Gasteiger partial charge on any atom is -0.389 e. The first kappa shape index (κ1) is 10.4. The van der Waals surface area contributed by atoms with Crippen molar-refractivity contribution < 1.29 is 5.11 Å². The third-order valence-corrected chi connectivity index (χ3v) is 1.10. The standard InChI is InChI=1S/C10H18O/c1-9(11)7-5-6-8-10(2,3)4/h5-9,11H,1-4H3/b7-5+,8-6+. The molecule has 1 nitrogen and oxygen atoms in total. The Hall–Kier alpha value is -0.560. The normalized spacial score (nSPS) is 16.5. The number of hydrogen-bond donors (Lipinski definition) is 1. The number of rotatable bonds is 2. The van der Waals surface area contributed by atoms with Crippen LogP contribution in [0.2, 0.25) is 0 Å². The molecule has 1 N–H and O–H groups in total. The van der Waals surface area contributed by atoms with Gasteiger partial charge in [-0.2, -0.15) is 0 Å². The molecule has 0 radical (unpaired) electrons. The molecule has 0 aliphatic rings. The molecule has 0 rings (SSSR count). The van der Waals surface area contributed by atoms with Crippen LogP contribution in [0.25, 0.3) is 0 Å². The van der Waals surface area contributed by atoms with Crippen molar-refractivity contribution in [2.24, 2.45) is 5.41 Å². The van der Waals surface area contributed by atoms with Crippen LogP contribution in [-0.4, -0.2) is 11.2 Å². The highest BCUT2D eigenvalue weighted by Crippen LogP contribution is 2.14. The summed E-state index contributed by atoms with van der Waals surface area (Å²) in [6.07, 6.45) is 7.34. The Morgan fingerprint density at radius 2 is 1.73 bits per heavy atom. The van der Waals surface area contributed by atoms with Crippen molar-refractivity contribution in [1.29, 1.82) is 0 Å². The maximum Gasteiger partial charge on any atom is 0.0695 e. The number of aliphatic hydroxyl groups excluding tert-OH is 1. The van der Waals surface area contributed by atoms with Crippen LogP contribution in [0.15, 0.2) is 24.3 Å². The van der Waals surface area contributed by atoms with Crippen LogP contribution in [0.5, 0.6) is 0 Å². The van der Waals surface area contributed by atoms with Gasteiger partial charge in [-0.1, -0.05) is 45.1 Å². The first-order chi connectivity index (χ1) is 4.92. The van der Waals surface area contributed by atoms with E-state index in [9.17, 15) is 0 Å². The van der Waals surface area contributed by atoms with Crippen molar-refractivity contribution in [3.8, 4) is 0 Å². The van der Waals surface area contributed by atoms with Crippen molar-refractivity contribution in [2.75, 3.05) is 0 Å². The number of hydrogen-bond acceptors (Lipinski definition) is 1. The molecule has 0 spiro atoms. The second-order valence-electron chi connectivity index (χ2n) is 3.85. The Balaban J connectivity index is 3.78. The zero-order chi connectivity index (χ0) is 8.91. The second-order valence-corrected chi connectivity index (χ2v) is 3.85. The van der Waals surface area contributed by atoms with Crippen molar-refractivity contribution in [3.05, 3.63) is 24.3 Å². The van der Waals surface area contributed by atoms with E-state index in [4.69, 9.17) is 5.11 Å². The quantitative estimate of drug-likeness (QED) is 0.606. The molecule has 0 aromatic heterocycles. The van der Waals surface area contributed by atoms with E-state index in [2.05, 4.69) is 26.8 Å². The predicted octanol–water partition coefficient (Wildman–Crippen LogP) is 2.53. The minimum absolute atomic E-state index is 0.225. The first-order valence-electron chi connectivity index (χ1n) is 3.96. The van der Waals surface area contributed by atoms with Gasteiger partial charge in [-0.15, -0.1) is 0 Å². The zero-order valence-corrected chi connectivity index (χ0v) is 7.83. The van der Waals surface area contributed by atoms with Gasteiger partial charge in [0.15, 0.2) is 0 Å². The summed E-state index contributed by atoms with van der Waals surface area (Å²) < 4.78 is 0. The summed E-state index contributed by atoms with van der Waals surface area (Å²) in [4.78, 5) is 0. The first-order valence-corrected chi connectivity index (χ1v) is 3.96. The Morgan fingerprint density at radius 1 is 1.18 bits per heavy atom. The van der Waals surface area contributed by atoms with Crippen LogP contribution >= 0.6 is 0 Å². The summed E-state index contributed by atoms with van der Waals surface area (Å²) in [5, 5.41) is 8.86. The monoisotopic (exact) mass is 154 g/mol. The fourth-order valence-corrected chi connectivity index (χ4v) is 0.569. The molecule has 64 valence electrons. The van der Waals surface area contributed by atoms with Gasteiger partial charge in [-0.3, -0.25) is 0 Å². The van der Waals surface area contributed by atoms with E-state index in [1.165, 1.54) is 0 Å². The molecule has 0 bridgehead atoms. The molecular weight excluding hydrogens is 136 g/mol. The molecule has 0 aliphatic carbocycles. The third-order valence-electron chi connectivity index (χ3n) is 1.10. The van der Waals surface area contributed by atoms with Crippen molar-refractivity contribution >= 4 is 0 Å². The van der Waals surface area contributed by atoms with E-state index in [0.717, 1.165) is 0 Å². The van der Waals surface area contributed by atoms with Crippen LogP contribution in [0.4, 0.5) is 0 Å². The zero-order valence-electron chi connectivity index (χ0n) is 7.83. The molecule has 0 saturated carbocycles. The minimum atomic E-state index is -0.348. The Bertz CT molecular complexity index is 147. The van der Waals surface area contributed by atoms with Crippen LogP contribution in [0, 0.1) is 5.41 Å². The maximum absolute atomic E-state index is 8.86. The van der Waals surface area contributed by atoms with Gasteiger partial charge in [-0.25, -0.2) is 0 Å². The van der Waals surface area contributed by atoms with Crippen LogP contribution < -0.4 is 0 Å². The van der Waals surface area contributed by atoms with E-state index in [-0.39, 0.29) is 11.5 Å². The Morgan fingerprint density at radius 3 is 2.09 bits per heavy atom. The Labute approximate surface area is 69.4 Å². The third kappa shape index (κ3) is 9.44. The average molecular weight is 154 g/mol. The highest BCUT2D eigenvalue weighted by atomic mass is 16.3. The molecular formula is C10H18O. The summed E-state index contributed by atoms with van der Waals surface area (Å²) in [5.74, 6) is 0. The van der Waals surface area contributed by atoms with Crippen molar-refractivity contribution in [3.63, 3.8) is 0 Å². The molecule has 11 heavy (non-hydrogen) atoms. The molecule has 0 fully saturated rings. The molecule has 1 atom stereocenters. The molecule has 1 heteroatoms. The van der Waals surface area contributed by atoms with E-state index < -0.39 is 0 Å². The van der Waals surface area contributed by atoms with Crippen LogP contribution in [0.1, 0.15) is 27.7 Å². The Kier molecular flexibility index (Phi) is 4.12. The number of allylic oxidation sites excluding steroid dienone is 3. The summed E-state index contributed by atoms with van der Waals surface area (Å²) in [6.45, 7) is 8.15. The van der Waals surface area contributed by atoms with Gasteiger partial charge in [0, 0.05) is 0 Å². The molecule has 0 saturated heterocycles. The van der Waals surface area contributed by atoms with Crippen LogP contribution in [0.3, 0.4) is 0 Å². The van der Waals surface area contributed by atoms with Gasteiger partial charge in [-0.05, 0) is 12.3 Å². The molecule has 0 heterocycles. The molecule has 0 aromatic rings. The van der Waals surface area contributed by atoms with Crippen molar-refractivity contribution in [1.82, 2.24) is 0 Å². The van der Waals surface area contributed by atoms with E-state index >= 15 is 0 Å². The lowest BCUT2D eigenvalue weighted by atomic mass is 9.96. The van der Waals surface area contributed by atoms with Gasteiger partial charge in [0.25, 0.3) is 0 Å². The summed E-state index contributed by atoms with van der Waals surface area (Å²) in [7, 11) is 0. The topological polar surface area (TPSA) is 20.2 Å². The van der Waals surface area contributed by atoms with Crippen LogP contribution in [-0.2, 0) is 0 Å². The maximum atomic E-state index is 8.86. The smallest absolute Gasteiger partial charge is 0.0695 e. The van der Waals surface area contributed by atoms with E-state index in [1.807, 2.05) is 12.2 Å². The van der Waals surface area contributed by atoms with Gasteiger partial charge >= 0.3 is 0 Å². The lowest BCUT2D eigenvalue weighted by Gasteiger charge is -2.09. The largest absolute Gasteiger partial charge is 0.389 e. The van der Waals surface area contributed by atoms with Gasteiger partial charge in [0.1, 0.15) is 0 Å². The fourth-order valence-electron chi connectivity index (χ4n) is 0.569. The fraction of sp³-hybridized carbons (Fsp3) is 0.600. The molecule has 0 amide bonds. The van der Waals surface area contributed by atoms with Gasteiger partial charge < -0.3 is 5.11 Å². The average Bonchev–Trinajstić information content (AvgIpc) is 1.78. The predicted molar refractivity (Wildman–Crippen MR) is 49.4 cm³/mol. The molecule has 0 aliphatic heterocycles. The van der Waals surface area contributed by atoms with Gasteiger partial charge in [0.2, 0.25) is 0 Å². The summed E-state index contributed by atoms with van der Waals surface area (Å²) >= 11 is 0. The lowest BCUT2D eigenvalue weighted by Crippen LogP contribution is -1.97. The summed E-state index contributed by atoms with van der Waals surface area (Å²) in [6, 6.07) is 0. The van der Waals surface area contributed by atoms with Crippen molar-refractivity contribution in [2.45, 2.75) is 33.8 Å². The second kappa shape index (κ2) is 4.35.